The van der Waals surface area contributed by atoms with Crippen LogP contribution in [0.4, 0.5) is 4.79 Å². The van der Waals surface area contributed by atoms with Crippen molar-refractivity contribution in [2.45, 2.75) is 38.5 Å². The molecule has 0 spiro atoms. The molecule has 2 N–H and O–H groups in total. The molecule has 108 valence electrons. The molecule has 0 bridgehead atoms. The summed E-state index contributed by atoms with van der Waals surface area (Å²) in [4.78, 5) is 24.7. The Balaban J connectivity index is 1.71. The van der Waals surface area contributed by atoms with Gasteiger partial charge in [0.25, 0.3) is 0 Å². The normalized spacial score (nSPS) is 26.8. The van der Waals surface area contributed by atoms with Gasteiger partial charge in [-0.05, 0) is 37.5 Å². The SMILES string of the molecule is CN(CC1CCC1)C(=O)NCC1CCCC1C(=O)O. The molecule has 5 heteroatoms. The molecule has 2 fully saturated rings. The second-order valence-electron chi connectivity index (χ2n) is 6.00. The van der Waals surface area contributed by atoms with Crippen LogP contribution in [0.1, 0.15) is 38.5 Å². The Kier molecular flexibility index (Phi) is 4.66. The van der Waals surface area contributed by atoms with Gasteiger partial charge in [0, 0.05) is 20.1 Å². The van der Waals surface area contributed by atoms with Gasteiger partial charge in [0.05, 0.1) is 5.92 Å². The quantitative estimate of drug-likeness (QED) is 0.800. The van der Waals surface area contributed by atoms with Crippen LogP contribution < -0.4 is 5.32 Å². The molecule has 0 aromatic carbocycles. The zero-order valence-electron chi connectivity index (χ0n) is 11.6. The zero-order chi connectivity index (χ0) is 13.8. The van der Waals surface area contributed by atoms with Crippen LogP contribution in [0.5, 0.6) is 0 Å². The zero-order valence-corrected chi connectivity index (χ0v) is 11.6. The molecule has 2 aliphatic carbocycles. The van der Waals surface area contributed by atoms with Crippen molar-refractivity contribution in [1.82, 2.24) is 10.2 Å². The van der Waals surface area contributed by atoms with Crippen LogP contribution in [0.15, 0.2) is 0 Å². The second kappa shape index (κ2) is 6.26. The van der Waals surface area contributed by atoms with Gasteiger partial charge in [0.2, 0.25) is 0 Å². The molecule has 0 aromatic rings. The Morgan fingerprint density at radius 3 is 2.47 bits per heavy atom. The number of carboxylic acids is 1. The summed E-state index contributed by atoms with van der Waals surface area (Å²) in [5, 5.41) is 12.0. The minimum atomic E-state index is -0.723. The predicted molar refractivity (Wildman–Crippen MR) is 71.8 cm³/mol. The highest BCUT2D eigenvalue weighted by Crippen LogP contribution is 2.31. The molecule has 19 heavy (non-hydrogen) atoms. The van der Waals surface area contributed by atoms with Crippen molar-refractivity contribution in [2.24, 2.45) is 17.8 Å². The average molecular weight is 268 g/mol. The lowest BCUT2D eigenvalue weighted by atomic mass is 9.85. The summed E-state index contributed by atoms with van der Waals surface area (Å²) in [7, 11) is 1.82. The summed E-state index contributed by atoms with van der Waals surface area (Å²) in [5.41, 5.74) is 0. The van der Waals surface area contributed by atoms with Crippen molar-refractivity contribution in [3.8, 4) is 0 Å². The number of aliphatic carboxylic acids is 1. The van der Waals surface area contributed by atoms with Gasteiger partial charge in [-0.2, -0.15) is 0 Å². The Hall–Kier alpha value is -1.26. The van der Waals surface area contributed by atoms with E-state index in [0.717, 1.165) is 25.8 Å². The van der Waals surface area contributed by atoms with Crippen LogP contribution in [-0.4, -0.2) is 42.1 Å². The minimum Gasteiger partial charge on any atom is -0.481 e. The maximum absolute atomic E-state index is 11.9. The molecule has 2 atom stereocenters. The van der Waals surface area contributed by atoms with E-state index in [-0.39, 0.29) is 17.9 Å². The van der Waals surface area contributed by atoms with Crippen molar-refractivity contribution in [2.75, 3.05) is 20.1 Å². The largest absolute Gasteiger partial charge is 0.481 e. The molecule has 2 saturated carbocycles. The predicted octanol–water partition coefficient (Wildman–Crippen LogP) is 1.93. The fourth-order valence-electron chi connectivity index (χ4n) is 3.11. The summed E-state index contributed by atoms with van der Waals surface area (Å²) in [5.74, 6) is -0.246. The molecule has 0 radical (unpaired) electrons. The average Bonchev–Trinajstić information content (AvgIpc) is 2.78. The van der Waals surface area contributed by atoms with E-state index in [0.29, 0.717) is 12.5 Å². The van der Waals surface area contributed by atoms with Crippen LogP contribution in [0.2, 0.25) is 0 Å². The highest BCUT2D eigenvalue weighted by molar-refractivity contribution is 5.74. The lowest BCUT2D eigenvalue weighted by Gasteiger charge is -2.30. The Bertz CT molecular complexity index is 342. The highest BCUT2D eigenvalue weighted by atomic mass is 16.4. The molecule has 2 unspecified atom stereocenters. The van der Waals surface area contributed by atoms with E-state index in [2.05, 4.69) is 5.32 Å². The number of carboxylic acid groups (broad SMARTS) is 1. The van der Waals surface area contributed by atoms with Gasteiger partial charge in [-0.1, -0.05) is 12.8 Å². The number of carbonyl (C=O) groups excluding carboxylic acids is 1. The van der Waals surface area contributed by atoms with E-state index < -0.39 is 5.97 Å². The molecule has 0 heterocycles. The topological polar surface area (TPSA) is 69.6 Å². The number of nitrogens with zero attached hydrogens (tertiary/aromatic N) is 1. The molecule has 2 aliphatic rings. The minimum absolute atomic E-state index is 0.0667. The number of urea groups is 1. The van der Waals surface area contributed by atoms with Gasteiger partial charge >= 0.3 is 12.0 Å². The fraction of sp³-hybridized carbons (Fsp3) is 0.857. The number of hydrogen-bond acceptors (Lipinski definition) is 2. The molecule has 0 aliphatic heterocycles. The van der Waals surface area contributed by atoms with E-state index >= 15 is 0 Å². The monoisotopic (exact) mass is 268 g/mol. The van der Waals surface area contributed by atoms with E-state index in [1.807, 2.05) is 7.05 Å². The third-order valence-corrected chi connectivity index (χ3v) is 4.60. The van der Waals surface area contributed by atoms with Crippen molar-refractivity contribution in [3.05, 3.63) is 0 Å². The molecule has 0 saturated heterocycles. The van der Waals surface area contributed by atoms with Crippen LogP contribution in [-0.2, 0) is 4.79 Å². The van der Waals surface area contributed by atoms with Crippen molar-refractivity contribution in [1.29, 1.82) is 0 Å². The summed E-state index contributed by atoms with van der Waals surface area (Å²) in [6.07, 6.45) is 6.33. The molecule has 2 rings (SSSR count). The van der Waals surface area contributed by atoms with Gasteiger partial charge in [0.15, 0.2) is 0 Å². The van der Waals surface area contributed by atoms with Crippen LogP contribution in [0.3, 0.4) is 0 Å². The summed E-state index contributed by atoms with van der Waals surface area (Å²) < 4.78 is 0. The lowest BCUT2D eigenvalue weighted by Crippen LogP contribution is -2.43. The van der Waals surface area contributed by atoms with Gasteiger partial charge in [-0.25, -0.2) is 4.79 Å². The van der Waals surface area contributed by atoms with Gasteiger partial charge in [-0.3, -0.25) is 4.79 Å². The van der Waals surface area contributed by atoms with E-state index in [4.69, 9.17) is 5.11 Å². The maximum Gasteiger partial charge on any atom is 0.317 e. The first kappa shape index (κ1) is 14.2. The number of nitrogens with one attached hydrogen (secondary N) is 1. The van der Waals surface area contributed by atoms with E-state index in [1.54, 1.807) is 4.90 Å². The lowest BCUT2D eigenvalue weighted by molar-refractivity contribution is -0.142. The second-order valence-corrected chi connectivity index (χ2v) is 6.00. The van der Waals surface area contributed by atoms with Gasteiger partial charge < -0.3 is 15.3 Å². The Labute approximate surface area is 114 Å². The van der Waals surface area contributed by atoms with Crippen LogP contribution in [0, 0.1) is 17.8 Å². The van der Waals surface area contributed by atoms with Gasteiger partial charge in [-0.15, -0.1) is 0 Å². The molecule has 0 aromatic heterocycles. The smallest absolute Gasteiger partial charge is 0.317 e. The maximum atomic E-state index is 11.9. The Morgan fingerprint density at radius 2 is 1.89 bits per heavy atom. The first-order chi connectivity index (χ1) is 9.08. The fourth-order valence-corrected chi connectivity index (χ4v) is 3.11. The molecule has 5 nitrogen and oxygen atoms in total. The highest BCUT2D eigenvalue weighted by Gasteiger charge is 2.33. The van der Waals surface area contributed by atoms with Crippen molar-refractivity contribution >= 4 is 12.0 Å². The number of amides is 2. The summed E-state index contributed by atoms with van der Waals surface area (Å²) in [6.45, 7) is 1.31. The first-order valence-corrected chi connectivity index (χ1v) is 7.29. The van der Waals surface area contributed by atoms with Crippen LogP contribution in [0.25, 0.3) is 0 Å². The van der Waals surface area contributed by atoms with Crippen LogP contribution >= 0.6 is 0 Å². The van der Waals surface area contributed by atoms with E-state index in [1.165, 1.54) is 19.3 Å². The Morgan fingerprint density at radius 1 is 1.21 bits per heavy atom. The summed E-state index contributed by atoms with van der Waals surface area (Å²) in [6, 6.07) is -0.0667. The van der Waals surface area contributed by atoms with Gasteiger partial charge in [0.1, 0.15) is 0 Å². The van der Waals surface area contributed by atoms with Crippen molar-refractivity contribution in [3.63, 3.8) is 0 Å². The molecular weight excluding hydrogens is 244 g/mol. The first-order valence-electron chi connectivity index (χ1n) is 7.29. The standard InChI is InChI=1S/C14H24N2O3/c1-16(9-10-4-2-5-10)14(19)15-8-11-6-3-7-12(11)13(17)18/h10-12H,2-9H2,1H3,(H,15,19)(H,17,18). The van der Waals surface area contributed by atoms with E-state index in [9.17, 15) is 9.59 Å². The third-order valence-electron chi connectivity index (χ3n) is 4.60. The number of carbonyl (C=O) groups is 2. The summed E-state index contributed by atoms with van der Waals surface area (Å²) >= 11 is 0. The third kappa shape index (κ3) is 3.61. The molecule has 2 amide bonds. The molecular formula is C14H24N2O3. The number of rotatable bonds is 5. The van der Waals surface area contributed by atoms with Crippen molar-refractivity contribution < 1.29 is 14.7 Å². The number of hydrogen-bond donors (Lipinski definition) is 2.